The number of nitrogens with two attached hydrogens (primary N) is 1. The van der Waals surface area contributed by atoms with Crippen molar-refractivity contribution in [3.8, 4) is 11.5 Å². The van der Waals surface area contributed by atoms with E-state index in [-0.39, 0.29) is 36.9 Å². The Balaban J connectivity index is 1.36. The Kier molecular flexibility index (Phi) is 8.65. The van der Waals surface area contributed by atoms with Crippen LogP contribution in [0.4, 0.5) is 18.9 Å². The molecule has 13 heteroatoms. The summed E-state index contributed by atoms with van der Waals surface area (Å²) in [6.07, 6.45) is -3.69. The molecule has 1 fully saturated rings. The number of benzene rings is 2. The predicted molar refractivity (Wildman–Crippen MR) is 153 cm³/mol. The zero-order chi connectivity index (χ0) is 31.0. The molecular formula is C30H37F3N4O6. The minimum Gasteiger partial charge on any atom is -0.395 e. The minimum absolute atomic E-state index is 0.0405. The Morgan fingerprint density at radius 2 is 1.91 bits per heavy atom. The van der Waals surface area contributed by atoms with Gasteiger partial charge in [0.15, 0.2) is 11.5 Å². The van der Waals surface area contributed by atoms with Gasteiger partial charge >= 0.3 is 6.29 Å². The van der Waals surface area contributed by atoms with Gasteiger partial charge in [-0.3, -0.25) is 4.79 Å². The minimum atomic E-state index is -3.77. The van der Waals surface area contributed by atoms with Gasteiger partial charge in [-0.05, 0) is 42.7 Å². The number of rotatable bonds is 14. The number of fused-ring (bicyclic) bond motifs is 2. The number of hydrogen-bond acceptors (Lipinski definition) is 8. The van der Waals surface area contributed by atoms with Gasteiger partial charge in [-0.25, -0.2) is 4.39 Å². The Morgan fingerprint density at radius 1 is 1.16 bits per heavy atom. The van der Waals surface area contributed by atoms with Crippen LogP contribution < -0.4 is 25.8 Å². The zero-order valence-electron chi connectivity index (χ0n) is 24.1. The number of nitrogens with one attached hydrogen (secondary N) is 2. The summed E-state index contributed by atoms with van der Waals surface area (Å²) in [5.74, 6) is -1.43. The van der Waals surface area contributed by atoms with Crippen molar-refractivity contribution in [1.82, 2.24) is 9.88 Å². The molecule has 1 saturated carbocycles. The van der Waals surface area contributed by atoms with Crippen LogP contribution in [0.25, 0.3) is 10.9 Å². The van der Waals surface area contributed by atoms with Crippen molar-refractivity contribution in [1.29, 1.82) is 0 Å². The van der Waals surface area contributed by atoms with Gasteiger partial charge in [0.05, 0.1) is 49.1 Å². The van der Waals surface area contributed by atoms with Crippen LogP contribution in [0, 0.1) is 5.82 Å². The molecule has 0 radical (unpaired) electrons. The van der Waals surface area contributed by atoms with Crippen LogP contribution >= 0.6 is 0 Å². The van der Waals surface area contributed by atoms with Gasteiger partial charge in [0.1, 0.15) is 5.82 Å². The molecule has 2 heterocycles. The second-order valence-corrected chi connectivity index (χ2v) is 11.7. The molecule has 234 valence electrons. The van der Waals surface area contributed by atoms with Crippen LogP contribution in [0.3, 0.4) is 0 Å². The Morgan fingerprint density at radius 3 is 2.60 bits per heavy atom. The molecule has 10 nitrogen and oxygen atoms in total. The summed E-state index contributed by atoms with van der Waals surface area (Å²) in [5.41, 5.74) is 5.29. The zero-order valence-corrected chi connectivity index (χ0v) is 24.1. The molecule has 43 heavy (non-hydrogen) atoms. The number of alkyl halides is 2. The van der Waals surface area contributed by atoms with Crippen LogP contribution in [0.5, 0.6) is 11.5 Å². The Bertz CT molecular complexity index is 1490. The lowest BCUT2D eigenvalue weighted by molar-refractivity contribution is -0.286. The van der Waals surface area contributed by atoms with Crippen LogP contribution in [0.1, 0.15) is 37.9 Å². The largest absolute Gasteiger partial charge is 0.586 e. The van der Waals surface area contributed by atoms with Crippen LogP contribution in [-0.4, -0.2) is 72.5 Å². The number of anilines is 1. The highest BCUT2D eigenvalue weighted by atomic mass is 19.3. The molecule has 0 bridgehead atoms. The second kappa shape index (κ2) is 12.0. The summed E-state index contributed by atoms with van der Waals surface area (Å²) in [6.45, 7) is 5.75. The highest BCUT2D eigenvalue weighted by Gasteiger charge is 2.53. The lowest BCUT2D eigenvalue weighted by Gasteiger charge is -2.26. The molecule has 2 aliphatic rings. The van der Waals surface area contributed by atoms with Gasteiger partial charge in [0.25, 0.3) is 0 Å². The van der Waals surface area contributed by atoms with Crippen LogP contribution in [-0.2, 0) is 26.9 Å². The number of carbonyl (C=O) groups excluding carboxylic acids is 1. The fraction of sp³-hybridized carbons (Fsp3) is 0.500. The molecule has 1 atom stereocenters. The SMILES string of the molecule is CC(C)(CO)c1cc2cc(NC(=O)C3(c4ccc5c(c4)OC(F)(F)O5)CC3)c(F)cc2n1C[C@H](O)CNCCOCCN. The molecule has 0 spiro atoms. The molecule has 1 aliphatic heterocycles. The van der Waals surface area contributed by atoms with E-state index in [0.29, 0.717) is 61.3 Å². The molecule has 2 aromatic carbocycles. The standard InChI is InChI=1S/C30H37F3N4O6/c1-28(2,17-38)26-12-18-11-22(21(31)14-23(18)37(26)16-20(39)15-35-8-10-41-9-7-34)36-27(40)29(5-6-29)19-3-4-24-25(13-19)43-30(32,33)42-24/h3-4,11-14,20,35,38-39H,5-10,15-17,34H2,1-2H3,(H,36,40)/t20-/m1/s1. The van der Waals surface area contributed by atoms with E-state index in [4.69, 9.17) is 10.5 Å². The van der Waals surface area contributed by atoms with Gasteiger partial charge in [-0.2, -0.15) is 0 Å². The van der Waals surface area contributed by atoms with Crippen molar-refractivity contribution in [2.24, 2.45) is 5.73 Å². The van der Waals surface area contributed by atoms with Gasteiger partial charge < -0.3 is 45.4 Å². The normalized spacial score (nSPS) is 17.3. The molecular weight excluding hydrogens is 569 g/mol. The number of aliphatic hydroxyl groups is 2. The van der Waals surface area contributed by atoms with E-state index in [1.807, 2.05) is 19.9 Å². The quantitative estimate of drug-likeness (QED) is 0.177. The summed E-state index contributed by atoms with van der Waals surface area (Å²) in [6, 6.07) is 8.85. The predicted octanol–water partition coefficient (Wildman–Crippen LogP) is 2.97. The monoisotopic (exact) mass is 606 g/mol. The molecule has 1 aromatic heterocycles. The van der Waals surface area contributed by atoms with E-state index >= 15 is 4.39 Å². The average molecular weight is 607 g/mol. The number of amides is 1. The van der Waals surface area contributed by atoms with E-state index < -0.39 is 35.0 Å². The third-order valence-corrected chi connectivity index (χ3v) is 7.92. The van der Waals surface area contributed by atoms with Crippen molar-refractivity contribution >= 4 is 22.5 Å². The van der Waals surface area contributed by atoms with Gasteiger partial charge in [-0.15, -0.1) is 8.78 Å². The van der Waals surface area contributed by atoms with E-state index in [1.54, 1.807) is 4.57 Å². The molecule has 1 amide bonds. The first-order valence-electron chi connectivity index (χ1n) is 14.2. The van der Waals surface area contributed by atoms with Crippen LogP contribution in [0.2, 0.25) is 0 Å². The first-order valence-corrected chi connectivity index (χ1v) is 14.2. The number of aromatic nitrogens is 1. The van der Waals surface area contributed by atoms with Crippen LogP contribution in [0.15, 0.2) is 36.4 Å². The molecule has 0 saturated heterocycles. The van der Waals surface area contributed by atoms with Gasteiger partial charge in [-0.1, -0.05) is 19.9 Å². The van der Waals surface area contributed by atoms with E-state index in [1.165, 1.54) is 30.3 Å². The van der Waals surface area contributed by atoms with Crippen molar-refractivity contribution in [2.45, 2.75) is 56.5 Å². The topological polar surface area (TPSA) is 140 Å². The van der Waals surface area contributed by atoms with E-state index in [9.17, 15) is 23.8 Å². The fourth-order valence-electron chi connectivity index (χ4n) is 5.35. The smallest absolute Gasteiger partial charge is 0.395 e. The molecule has 6 N–H and O–H groups in total. The number of nitrogens with zero attached hydrogens (tertiary/aromatic N) is 1. The maximum atomic E-state index is 15.5. The maximum Gasteiger partial charge on any atom is 0.586 e. The Labute approximate surface area is 246 Å². The van der Waals surface area contributed by atoms with Gasteiger partial charge in [0, 0.05) is 42.2 Å². The van der Waals surface area contributed by atoms with Crippen molar-refractivity contribution in [2.75, 3.05) is 44.8 Å². The lowest BCUT2D eigenvalue weighted by Crippen LogP contribution is -2.34. The van der Waals surface area contributed by atoms with Crippen molar-refractivity contribution in [3.63, 3.8) is 0 Å². The highest BCUT2D eigenvalue weighted by molar-refractivity contribution is 6.03. The summed E-state index contributed by atoms with van der Waals surface area (Å²) in [4.78, 5) is 13.4. The summed E-state index contributed by atoms with van der Waals surface area (Å²) in [5, 5.41) is 27.3. The maximum absolute atomic E-state index is 15.5. The van der Waals surface area contributed by atoms with Crippen molar-refractivity contribution < 1.29 is 42.4 Å². The highest BCUT2D eigenvalue weighted by Crippen LogP contribution is 2.52. The fourth-order valence-corrected chi connectivity index (χ4v) is 5.35. The number of aliphatic hydroxyl groups excluding tert-OH is 2. The first kappa shape index (κ1) is 31.1. The van der Waals surface area contributed by atoms with Crippen molar-refractivity contribution in [3.05, 3.63) is 53.5 Å². The summed E-state index contributed by atoms with van der Waals surface area (Å²) in [7, 11) is 0. The third-order valence-electron chi connectivity index (χ3n) is 7.92. The van der Waals surface area contributed by atoms with Gasteiger partial charge in [0.2, 0.25) is 5.91 Å². The number of carbonyl (C=O) groups is 1. The molecule has 5 rings (SSSR count). The third kappa shape index (κ3) is 6.46. The summed E-state index contributed by atoms with van der Waals surface area (Å²) < 4.78 is 58.6. The molecule has 3 aromatic rings. The lowest BCUT2D eigenvalue weighted by atomic mass is 9.90. The number of hydrogen-bond donors (Lipinski definition) is 5. The summed E-state index contributed by atoms with van der Waals surface area (Å²) >= 11 is 0. The van der Waals surface area contributed by atoms with E-state index in [0.717, 1.165) is 0 Å². The Hall–Kier alpha value is -3.36. The average Bonchev–Trinajstić information content (AvgIpc) is 3.61. The number of halogens is 3. The molecule has 0 unspecified atom stereocenters. The number of ether oxygens (including phenoxy) is 3. The van der Waals surface area contributed by atoms with E-state index in [2.05, 4.69) is 20.1 Å². The second-order valence-electron chi connectivity index (χ2n) is 11.7. The molecule has 1 aliphatic carbocycles. The first-order chi connectivity index (χ1) is 20.4.